The Labute approximate surface area is 369 Å². The number of para-hydroxylation sites is 1. The van der Waals surface area contributed by atoms with Gasteiger partial charge >= 0.3 is 0 Å². The first-order valence-corrected chi connectivity index (χ1v) is 21.4. The van der Waals surface area contributed by atoms with Crippen LogP contribution < -0.4 is 0 Å². The van der Waals surface area contributed by atoms with E-state index in [4.69, 9.17) is 34.3 Å². The molecule has 7 heteroatoms. The summed E-state index contributed by atoms with van der Waals surface area (Å²) in [6, 6.07) is 66.3. The number of furan rings is 1. The van der Waals surface area contributed by atoms with E-state index in [2.05, 4.69) is 98.8 Å². The summed E-state index contributed by atoms with van der Waals surface area (Å²) < 4.78 is 6.79. The van der Waals surface area contributed by atoms with Crippen LogP contribution in [0.25, 0.3) is 113 Å². The fraction of sp³-hybridized carbons (Fsp3) is 0.0526. The zero-order chi connectivity index (χ0) is 42.8. The highest BCUT2D eigenvalue weighted by Crippen LogP contribution is 2.49. The number of nitrogens with zero attached hydrogens (tertiary/aromatic N) is 6. The topological polar surface area (TPSA) is 90.5 Å². The highest BCUT2D eigenvalue weighted by molar-refractivity contribution is 6.15. The molecule has 0 radical (unpaired) electrons. The van der Waals surface area contributed by atoms with Gasteiger partial charge in [-0.25, -0.2) is 29.9 Å². The molecule has 3 aromatic heterocycles. The summed E-state index contributed by atoms with van der Waals surface area (Å²) in [4.78, 5) is 30.2. The van der Waals surface area contributed by atoms with Gasteiger partial charge in [0.05, 0.1) is 5.56 Å². The quantitative estimate of drug-likeness (QED) is 0.158. The Morgan fingerprint density at radius 3 is 1.38 bits per heavy atom. The number of aromatic nitrogens is 6. The van der Waals surface area contributed by atoms with Gasteiger partial charge < -0.3 is 4.42 Å². The van der Waals surface area contributed by atoms with Crippen molar-refractivity contribution < 1.29 is 4.42 Å². The maximum atomic E-state index is 6.79. The first-order chi connectivity index (χ1) is 31.5. The number of hydrogen-bond donors (Lipinski definition) is 0. The molecular weight excluding hydrogens is 785 g/mol. The molecule has 0 atom stereocenters. The predicted molar refractivity (Wildman–Crippen MR) is 256 cm³/mol. The van der Waals surface area contributed by atoms with Gasteiger partial charge in [-0.2, -0.15) is 0 Å². The fourth-order valence-electron chi connectivity index (χ4n) is 9.19. The van der Waals surface area contributed by atoms with Gasteiger partial charge in [-0.15, -0.1) is 0 Å². The molecule has 0 aliphatic heterocycles. The lowest BCUT2D eigenvalue weighted by Crippen LogP contribution is -2.15. The van der Waals surface area contributed by atoms with E-state index in [9.17, 15) is 0 Å². The minimum absolute atomic E-state index is 0.164. The van der Waals surface area contributed by atoms with Gasteiger partial charge in [0.1, 0.15) is 11.2 Å². The third-order valence-electron chi connectivity index (χ3n) is 12.4. The van der Waals surface area contributed by atoms with Gasteiger partial charge in [-0.3, -0.25) is 0 Å². The molecule has 7 nitrogen and oxygen atoms in total. The summed E-state index contributed by atoms with van der Waals surface area (Å²) >= 11 is 0. The van der Waals surface area contributed by atoms with E-state index in [0.717, 1.165) is 66.4 Å². The Morgan fingerprint density at radius 1 is 0.328 bits per heavy atom. The lowest BCUT2D eigenvalue weighted by atomic mass is 9.82. The zero-order valence-corrected chi connectivity index (χ0v) is 35.1. The molecule has 0 amide bonds. The highest BCUT2D eigenvalue weighted by atomic mass is 16.3. The van der Waals surface area contributed by atoms with Crippen LogP contribution in [0.1, 0.15) is 25.0 Å². The minimum atomic E-state index is -0.164. The lowest BCUT2D eigenvalue weighted by Gasteiger charge is -2.21. The molecule has 11 aromatic rings. The van der Waals surface area contributed by atoms with Crippen LogP contribution in [0.5, 0.6) is 0 Å². The summed E-state index contributed by atoms with van der Waals surface area (Å²) in [5, 5.41) is 1.99. The zero-order valence-electron chi connectivity index (χ0n) is 35.1. The summed E-state index contributed by atoms with van der Waals surface area (Å²) in [6.45, 7) is 4.58. The van der Waals surface area contributed by atoms with Crippen molar-refractivity contribution in [2.45, 2.75) is 19.3 Å². The standard InChI is InChI=1S/C57H38N6O/c1-57(2)46-26-13-12-22-42(46)43-33-32-40(34-47(43)57)55-61-53(38-20-10-5-11-21-38)62-56(63-55)45-25-14-24-44-49-41(23-15-27-48(49)64-50(44)45)35-28-30-39(31-29-35)54-59-51(36-16-6-3-7-17-36)58-52(60-54)37-18-8-4-9-19-37/h3-34H,1-2H3. The Bertz CT molecular complexity index is 3510. The van der Waals surface area contributed by atoms with E-state index >= 15 is 0 Å². The smallest absolute Gasteiger partial charge is 0.167 e. The van der Waals surface area contributed by atoms with Crippen molar-refractivity contribution >= 4 is 21.9 Å². The van der Waals surface area contributed by atoms with Crippen LogP contribution in [0.15, 0.2) is 199 Å². The highest BCUT2D eigenvalue weighted by Gasteiger charge is 2.35. The van der Waals surface area contributed by atoms with Crippen molar-refractivity contribution in [2.24, 2.45) is 0 Å². The van der Waals surface area contributed by atoms with Gasteiger partial charge in [-0.05, 0) is 51.6 Å². The molecular formula is C57H38N6O. The normalized spacial score (nSPS) is 12.7. The second kappa shape index (κ2) is 14.9. The lowest BCUT2D eigenvalue weighted by molar-refractivity contribution is 0.660. The van der Waals surface area contributed by atoms with Crippen molar-refractivity contribution in [1.82, 2.24) is 29.9 Å². The van der Waals surface area contributed by atoms with Crippen LogP contribution >= 0.6 is 0 Å². The SMILES string of the molecule is CC1(C)c2ccccc2-c2ccc(-c3nc(-c4ccccc4)nc(-c4cccc5c4oc4cccc(-c6ccc(-c7nc(-c8ccccc8)nc(-c8ccccc8)n7)cc6)c45)n3)cc21. The maximum Gasteiger partial charge on any atom is 0.167 e. The number of rotatable bonds is 7. The third kappa shape index (κ3) is 6.28. The molecule has 0 N–H and O–H groups in total. The Hall–Kier alpha value is -8.42. The van der Waals surface area contributed by atoms with E-state index in [0.29, 0.717) is 34.9 Å². The van der Waals surface area contributed by atoms with Crippen LogP contribution in [-0.4, -0.2) is 29.9 Å². The van der Waals surface area contributed by atoms with E-state index in [-0.39, 0.29) is 5.41 Å². The molecule has 0 bridgehead atoms. The van der Waals surface area contributed by atoms with Gasteiger partial charge in [0.15, 0.2) is 34.9 Å². The van der Waals surface area contributed by atoms with E-state index in [1.165, 1.54) is 22.3 Å². The summed E-state index contributed by atoms with van der Waals surface area (Å²) in [5.74, 6) is 3.62. The van der Waals surface area contributed by atoms with E-state index in [1.54, 1.807) is 0 Å². The number of benzene rings is 8. The minimum Gasteiger partial charge on any atom is -0.455 e. The van der Waals surface area contributed by atoms with Crippen LogP contribution in [0.2, 0.25) is 0 Å². The molecule has 12 rings (SSSR count). The monoisotopic (exact) mass is 822 g/mol. The second-order valence-electron chi connectivity index (χ2n) is 16.7. The summed E-state index contributed by atoms with van der Waals surface area (Å²) in [7, 11) is 0. The van der Waals surface area contributed by atoms with Crippen molar-refractivity contribution in [2.75, 3.05) is 0 Å². The van der Waals surface area contributed by atoms with Crippen LogP contribution in [-0.2, 0) is 5.41 Å². The molecule has 0 unspecified atom stereocenters. The van der Waals surface area contributed by atoms with Gasteiger partial charge in [0.25, 0.3) is 0 Å². The molecule has 1 aliphatic rings. The van der Waals surface area contributed by atoms with Crippen molar-refractivity contribution in [1.29, 1.82) is 0 Å². The molecule has 0 spiro atoms. The van der Waals surface area contributed by atoms with Crippen molar-refractivity contribution in [3.05, 3.63) is 205 Å². The van der Waals surface area contributed by atoms with Crippen LogP contribution in [0, 0.1) is 0 Å². The van der Waals surface area contributed by atoms with Crippen molar-refractivity contribution in [3.8, 4) is 90.6 Å². The maximum absolute atomic E-state index is 6.79. The average molecular weight is 823 g/mol. The summed E-state index contributed by atoms with van der Waals surface area (Å²) in [5.41, 5.74) is 13.9. The Balaban J connectivity index is 0.959. The second-order valence-corrected chi connectivity index (χ2v) is 16.7. The van der Waals surface area contributed by atoms with Gasteiger partial charge in [0, 0.05) is 44.0 Å². The largest absolute Gasteiger partial charge is 0.455 e. The predicted octanol–water partition coefficient (Wildman–Crippen LogP) is 13.9. The number of hydrogen-bond acceptors (Lipinski definition) is 7. The van der Waals surface area contributed by atoms with E-state index in [1.807, 2.05) is 109 Å². The summed E-state index contributed by atoms with van der Waals surface area (Å²) in [6.07, 6.45) is 0. The average Bonchev–Trinajstić information content (AvgIpc) is 3.86. The van der Waals surface area contributed by atoms with Crippen molar-refractivity contribution in [3.63, 3.8) is 0 Å². The molecule has 3 heterocycles. The molecule has 64 heavy (non-hydrogen) atoms. The van der Waals surface area contributed by atoms with Gasteiger partial charge in [0.2, 0.25) is 0 Å². The molecule has 1 aliphatic carbocycles. The number of fused-ring (bicyclic) bond motifs is 6. The van der Waals surface area contributed by atoms with E-state index < -0.39 is 0 Å². The first-order valence-electron chi connectivity index (χ1n) is 21.4. The van der Waals surface area contributed by atoms with Crippen LogP contribution in [0.3, 0.4) is 0 Å². The third-order valence-corrected chi connectivity index (χ3v) is 12.4. The Kier molecular flexibility index (Phi) is 8.69. The molecule has 0 fully saturated rings. The molecule has 8 aromatic carbocycles. The fourth-order valence-corrected chi connectivity index (χ4v) is 9.19. The van der Waals surface area contributed by atoms with Gasteiger partial charge in [-0.1, -0.05) is 190 Å². The molecule has 0 saturated heterocycles. The Morgan fingerprint density at radius 2 is 0.766 bits per heavy atom. The molecule has 0 saturated carbocycles. The first kappa shape index (κ1) is 37.4. The van der Waals surface area contributed by atoms with Crippen LogP contribution in [0.4, 0.5) is 0 Å². The molecule has 302 valence electrons.